The Morgan fingerprint density at radius 1 is 1.11 bits per heavy atom. The second kappa shape index (κ2) is 8.72. The molecule has 0 spiro atoms. The third kappa shape index (κ3) is 4.71. The van der Waals surface area contributed by atoms with E-state index in [9.17, 15) is 4.79 Å². The van der Waals surface area contributed by atoms with Gasteiger partial charge < -0.3 is 15.4 Å². The van der Waals surface area contributed by atoms with Crippen LogP contribution in [0.3, 0.4) is 0 Å². The second-order valence-electron chi connectivity index (χ2n) is 8.39. The van der Waals surface area contributed by atoms with E-state index in [4.69, 9.17) is 4.74 Å². The third-order valence-electron chi connectivity index (χ3n) is 6.42. The monoisotopic (exact) mass is 371 g/mol. The van der Waals surface area contributed by atoms with E-state index in [2.05, 4.69) is 27.7 Å². The van der Waals surface area contributed by atoms with E-state index in [-0.39, 0.29) is 17.5 Å². The Hall–Kier alpha value is -1.43. The average Bonchev–Trinajstić information content (AvgIpc) is 3.54. The van der Waals surface area contributed by atoms with Crippen LogP contribution < -0.4 is 10.6 Å². The maximum atomic E-state index is 12.9. The largest absolute Gasteiger partial charge is 0.379 e. The summed E-state index contributed by atoms with van der Waals surface area (Å²) in [4.78, 5) is 15.6. The number of amides is 1. The number of carbonyl (C=O) groups excluding carboxylic acids is 1. The van der Waals surface area contributed by atoms with Gasteiger partial charge in [0, 0.05) is 31.2 Å². The lowest BCUT2D eigenvalue weighted by Crippen LogP contribution is -2.60. The number of hydrogen-bond acceptors (Lipinski definition) is 4. The fraction of sp³-hybridized carbons (Fsp3) is 0.682. The molecule has 3 fully saturated rings. The van der Waals surface area contributed by atoms with E-state index in [1.807, 2.05) is 18.2 Å². The first-order valence-corrected chi connectivity index (χ1v) is 10.7. The van der Waals surface area contributed by atoms with Gasteiger partial charge >= 0.3 is 0 Å². The first kappa shape index (κ1) is 18.9. The Morgan fingerprint density at radius 3 is 2.48 bits per heavy atom. The van der Waals surface area contributed by atoms with Gasteiger partial charge in [-0.1, -0.05) is 49.6 Å². The van der Waals surface area contributed by atoms with Gasteiger partial charge in [-0.25, -0.2) is 0 Å². The molecule has 148 valence electrons. The van der Waals surface area contributed by atoms with Crippen molar-refractivity contribution in [2.75, 3.05) is 32.8 Å². The summed E-state index contributed by atoms with van der Waals surface area (Å²) in [5.74, 6) is 0.122. The van der Waals surface area contributed by atoms with Crippen LogP contribution in [0.15, 0.2) is 30.3 Å². The normalized spacial score (nSPS) is 24.3. The molecule has 1 aliphatic heterocycles. The lowest BCUT2D eigenvalue weighted by molar-refractivity contribution is -0.123. The average molecular weight is 372 g/mol. The lowest BCUT2D eigenvalue weighted by Gasteiger charge is -2.48. The Kier molecular flexibility index (Phi) is 6.11. The number of ether oxygens (including phenoxy) is 1. The molecule has 1 heterocycles. The van der Waals surface area contributed by atoms with Crippen molar-refractivity contribution in [1.29, 1.82) is 0 Å². The lowest BCUT2D eigenvalue weighted by atomic mass is 9.79. The minimum Gasteiger partial charge on any atom is -0.379 e. The van der Waals surface area contributed by atoms with Gasteiger partial charge in [-0.05, 0) is 31.2 Å². The SMILES string of the molecule is O=C(NC1CC1)C(NCC1(N2CCOCC2)CCCCC1)c1ccccc1. The van der Waals surface area contributed by atoms with Crippen LogP contribution >= 0.6 is 0 Å². The maximum absolute atomic E-state index is 12.9. The molecule has 27 heavy (non-hydrogen) atoms. The summed E-state index contributed by atoms with van der Waals surface area (Å²) in [6.45, 7) is 4.53. The Bertz CT molecular complexity index is 605. The fourth-order valence-electron chi connectivity index (χ4n) is 4.66. The van der Waals surface area contributed by atoms with E-state index >= 15 is 0 Å². The van der Waals surface area contributed by atoms with Crippen molar-refractivity contribution in [3.63, 3.8) is 0 Å². The summed E-state index contributed by atoms with van der Waals surface area (Å²) in [6.07, 6.45) is 8.55. The zero-order valence-electron chi connectivity index (χ0n) is 16.3. The number of benzene rings is 1. The van der Waals surface area contributed by atoms with E-state index < -0.39 is 0 Å². The van der Waals surface area contributed by atoms with Gasteiger partial charge in [0.15, 0.2) is 0 Å². The minimum absolute atomic E-state index is 0.122. The predicted molar refractivity (Wildman–Crippen MR) is 107 cm³/mol. The van der Waals surface area contributed by atoms with Crippen LogP contribution in [0, 0.1) is 0 Å². The smallest absolute Gasteiger partial charge is 0.241 e. The highest BCUT2D eigenvalue weighted by atomic mass is 16.5. The molecule has 1 atom stereocenters. The highest BCUT2D eigenvalue weighted by Crippen LogP contribution is 2.34. The molecule has 3 aliphatic rings. The van der Waals surface area contributed by atoms with Crippen LogP contribution in [0.1, 0.15) is 56.6 Å². The number of nitrogens with one attached hydrogen (secondary N) is 2. The molecule has 0 bridgehead atoms. The minimum atomic E-state index is -0.272. The molecule has 1 saturated heterocycles. The first-order chi connectivity index (χ1) is 13.3. The maximum Gasteiger partial charge on any atom is 0.241 e. The standard InChI is InChI=1S/C22H33N3O2/c26-21(24-19-9-10-19)20(18-7-3-1-4-8-18)23-17-22(11-5-2-6-12-22)25-13-15-27-16-14-25/h1,3-4,7-8,19-20,23H,2,5-6,9-17H2,(H,24,26). The molecule has 2 N–H and O–H groups in total. The van der Waals surface area contributed by atoms with Crippen LogP contribution in [0.25, 0.3) is 0 Å². The molecule has 4 rings (SSSR count). The Labute approximate surface area is 162 Å². The summed E-state index contributed by atoms with van der Waals surface area (Å²) in [5.41, 5.74) is 1.22. The number of morpholine rings is 1. The summed E-state index contributed by atoms with van der Waals surface area (Å²) >= 11 is 0. The van der Waals surface area contributed by atoms with E-state index in [0.29, 0.717) is 6.04 Å². The van der Waals surface area contributed by atoms with Crippen molar-refractivity contribution < 1.29 is 9.53 Å². The summed E-state index contributed by atoms with van der Waals surface area (Å²) in [5, 5.41) is 6.88. The summed E-state index contributed by atoms with van der Waals surface area (Å²) < 4.78 is 5.59. The molecule has 0 aromatic heterocycles. The zero-order chi connectivity index (χ0) is 18.5. The van der Waals surface area contributed by atoms with Gasteiger partial charge in [-0.3, -0.25) is 9.69 Å². The second-order valence-corrected chi connectivity index (χ2v) is 8.39. The molecule has 0 radical (unpaired) electrons. The van der Waals surface area contributed by atoms with Gasteiger partial charge in [0.05, 0.1) is 13.2 Å². The van der Waals surface area contributed by atoms with Crippen LogP contribution in [0.5, 0.6) is 0 Å². The fourth-order valence-corrected chi connectivity index (χ4v) is 4.66. The quantitative estimate of drug-likeness (QED) is 0.774. The molecule has 1 aromatic carbocycles. The van der Waals surface area contributed by atoms with Crippen molar-refractivity contribution >= 4 is 5.91 Å². The molecule has 2 saturated carbocycles. The van der Waals surface area contributed by atoms with Crippen LogP contribution in [-0.4, -0.2) is 55.2 Å². The first-order valence-electron chi connectivity index (χ1n) is 10.7. The van der Waals surface area contributed by atoms with Gasteiger partial charge in [0.25, 0.3) is 0 Å². The third-order valence-corrected chi connectivity index (χ3v) is 6.42. The Balaban J connectivity index is 1.49. The molecule has 5 heteroatoms. The van der Waals surface area contributed by atoms with Crippen molar-refractivity contribution in [1.82, 2.24) is 15.5 Å². The predicted octanol–water partition coefficient (Wildman–Crippen LogP) is 2.63. The molecule has 5 nitrogen and oxygen atoms in total. The van der Waals surface area contributed by atoms with E-state index in [1.165, 1.54) is 32.1 Å². The highest BCUT2D eigenvalue weighted by Gasteiger charge is 2.39. The number of hydrogen-bond donors (Lipinski definition) is 2. The zero-order valence-corrected chi connectivity index (χ0v) is 16.3. The highest BCUT2D eigenvalue weighted by molar-refractivity contribution is 5.83. The van der Waals surface area contributed by atoms with Gasteiger partial charge in [-0.2, -0.15) is 0 Å². The van der Waals surface area contributed by atoms with E-state index in [1.54, 1.807) is 0 Å². The Morgan fingerprint density at radius 2 is 1.81 bits per heavy atom. The van der Waals surface area contributed by atoms with Crippen molar-refractivity contribution in [2.45, 2.75) is 62.6 Å². The van der Waals surface area contributed by atoms with Crippen molar-refractivity contribution in [3.8, 4) is 0 Å². The molecule has 1 unspecified atom stereocenters. The molecule has 1 amide bonds. The molecule has 2 aliphatic carbocycles. The molecular formula is C22H33N3O2. The van der Waals surface area contributed by atoms with Crippen molar-refractivity contribution in [3.05, 3.63) is 35.9 Å². The number of carbonyl (C=O) groups is 1. The van der Waals surface area contributed by atoms with Gasteiger partial charge in [-0.15, -0.1) is 0 Å². The van der Waals surface area contributed by atoms with Crippen LogP contribution in [-0.2, 0) is 9.53 Å². The topological polar surface area (TPSA) is 53.6 Å². The van der Waals surface area contributed by atoms with Crippen molar-refractivity contribution in [2.24, 2.45) is 0 Å². The summed E-state index contributed by atoms with van der Waals surface area (Å²) in [7, 11) is 0. The van der Waals surface area contributed by atoms with Crippen LogP contribution in [0.4, 0.5) is 0 Å². The van der Waals surface area contributed by atoms with Crippen LogP contribution in [0.2, 0.25) is 0 Å². The number of nitrogens with zero attached hydrogens (tertiary/aromatic N) is 1. The molecular weight excluding hydrogens is 338 g/mol. The molecule has 1 aromatic rings. The van der Waals surface area contributed by atoms with Gasteiger partial charge in [0.1, 0.15) is 6.04 Å². The summed E-state index contributed by atoms with van der Waals surface area (Å²) in [6, 6.07) is 10.3. The van der Waals surface area contributed by atoms with Gasteiger partial charge in [0.2, 0.25) is 5.91 Å². The van der Waals surface area contributed by atoms with E-state index in [0.717, 1.165) is 51.3 Å². The number of rotatable bonds is 7.